The molecule has 0 unspecified atom stereocenters. The summed E-state index contributed by atoms with van der Waals surface area (Å²) < 4.78 is 5.82. The van der Waals surface area contributed by atoms with Crippen molar-refractivity contribution in [3.63, 3.8) is 0 Å². The van der Waals surface area contributed by atoms with Crippen LogP contribution in [0.15, 0.2) is 53.4 Å². The van der Waals surface area contributed by atoms with E-state index in [1.807, 2.05) is 48.5 Å². The molecular formula is C18H20O2S. The van der Waals surface area contributed by atoms with E-state index in [-0.39, 0.29) is 0 Å². The fraction of sp³-hybridized carbons (Fsp3) is 0.278. The highest BCUT2D eigenvalue weighted by Crippen LogP contribution is 2.29. The van der Waals surface area contributed by atoms with E-state index in [1.54, 1.807) is 11.8 Å². The Bertz CT molecular complexity index is 567. The molecule has 0 aliphatic carbocycles. The molecule has 0 spiro atoms. The van der Waals surface area contributed by atoms with Crippen molar-refractivity contribution < 1.29 is 9.53 Å². The summed E-state index contributed by atoms with van der Waals surface area (Å²) in [6, 6.07) is 15.8. The Kier molecular flexibility index (Phi) is 6.35. The summed E-state index contributed by atoms with van der Waals surface area (Å²) in [6.07, 6.45) is 3.21. The minimum absolute atomic E-state index is 0.477. The van der Waals surface area contributed by atoms with E-state index in [0.717, 1.165) is 35.3 Å². The predicted octanol–water partition coefficient (Wildman–Crippen LogP) is 4.97. The van der Waals surface area contributed by atoms with Crippen molar-refractivity contribution in [2.75, 3.05) is 5.75 Å². The molecule has 2 rings (SSSR count). The molecule has 21 heavy (non-hydrogen) atoms. The number of ether oxygens (including phenoxy) is 1. The number of carbonyl (C=O) groups excluding carboxylic acids is 1. The highest BCUT2D eigenvalue weighted by Gasteiger charge is 2.09. The molecule has 0 heterocycles. The summed E-state index contributed by atoms with van der Waals surface area (Å²) in [5.41, 5.74) is 1.76. The first-order valence-corrected chi connectivity index (χ1v) is 8.21. The first-order valence-electron chi connectivity index (χ1n) is 7.23. The van der Waals surface area contributed by atoms with Crippen LogP contribution in [0.4, 0.5) is 0 Å². The average Bonchev–Trinajstić information content (AvgIpc) is 2.54. The van der Waals surface area contributed by atoms with Crippen molar-refractivity contribution in [2.45, 2.75) is 31.3 Å². The zero-order valence-corrected chi connectivity index (χ0v) is 13.1. The van der Waals surface area contributed by atoms with Crippen molar-refractivity contribution in [3.8, 4) is 5.75 Å². The van der Waals surface area contributed by atoms with Gasteiger partial charge in [0.1, 0.15) is 12.4 Å². The second kappa shape index (κ2) is 8.53. The quantitative estimate of drug-likeness (QED) is 0.391. The molecule has 2 aromatic carbocycles. The third-order valence-corrected chi connectivity index (χ3v) is 4.30. The lowest BCUT2D eigenvalue weighted by Gasteiger charge is -2.11. The van der Waals surface area contributed by atoms with E-state index in [4.69, 9.17) is 4.74 Å². The largest absolute Gasteiger partial charge is 0.488 e. The van der Waals surface area contributed by atoms with Crippen molar-refractivity contribution in [3.05, 3.63) is 59.7 Å². The van der Waals surface area contributed by atoms with Crippen molar-refractivity contribution in [1.82, 2.24) is 0 Å². The van der Waals surface area contributed by atoms with Crippen LogP contribution in [0.1, 0.15) is 35.7 Å². The van der Waals surface area contributed by atoms with E-state index in [0.29, 0.717) is 17.9 Å². The van der Waals surface area contributed by atoms with E-state index in [9.17, 15) is 4.79 Å². The number of aldehydes is 1. The van der Waals surface area contributed by atoms with Crippen LogP contribution in [0.5, 0.6) is 5.75 Å². The molecule has 2 nitrogen and oxygen atoms in total. The number of benzene rings is 2. The van der Waals surface area contributed by atoms with Gasteiger partial charge in [-0.05, 0) is 29.9 Å². The second-order valence-corrected chi connectivity index (χ2v) is 5.90. The lowest BCUT2D eigenvalue weighted by Crippen LogP contribution is -1.99. The zero-order chi connectivity index (χ0) is 14.9. The van der Waals surface area contributed by atoms with E-state index in [1.165, 1.54) is 0 Å². The molecular weight excluding hydrogens is 280 g/mol. The van der Waals surface area contributed by atoms with E-state index < -0.39 is 0 Å². The van der Waals surface area contributed by atoms with Crippen LogP contribution >= 0.6 is 11.8 Å². The summed E-state index contributed by atoms with van der Waals surface area (Å²) in [7, 11) is 0. The molecule has 0 aliphatic rings. The number of unbranched alkanes of at least 4 members (excludes halogenated alkanes) is 1. The Morgan fingerprint density at radius 2 is 1.90 bits per heavy atom. The monoisotopic (exact) mass is 300 g/mol. The normalized spacial score (nSPS) is 10.3. The smallest absolute Gasteiger partial charge is 0.154 e. The summed E-state index contributed by atoms with van der Waals surface area (Å²) in [6.45, 7) is 2.64. The summed E-state index contributed by atoms with van der Waals surface area (Å²) in [4.78, 5) is 12.4. The molecule has 110 valence electrons. The van der Waals surface area contributed by atoms with Crippen molar-refractivity contribution in [2.24, 2.45) is 0 Å². The number of hydrogen-bond donors (Lipinski definition) is 0. The maximum absolute atomic E-state index is 11.4. The van der Waals surface area contributed by atoms with Gasteiger partial charge in [0.05, 0.1) is 5.56 Å². The van der Waals surface area contributed by atoms with Crippen LogP contribution in [0.2, 0.25) is 0 Å². The van der Waals surface area contributed by atoms with Gasteiger partial charge >= 0.3 is 0 Å². The first kappa shape index (κ1) is 15.6. The molecule has 0 bridgehead atoms. The lowest BCUT2D eigenvalue weighted by atomic mass is 10.2. The Hall–Kier alpha value is -1.74. The highest BCUT2D eigenvalue weighted by molar-refractivity contribution is 7.99. The van der Waals surface area contributed by atoms with Gasteiger partial charge in [0.15, 0.2) is 6.29 Å². The lowest BCUT2D eigenvalue weighted by molar-refractivity contribution is 0.111. The minimum Gasteiger partial charge on any atom is -0.488 e. The third kappa shape index (κ3) is 4.64. The van der Waals surface area contributed by atoms with Gasteiger partial charge < -0.3 is 4.74 Å². The maximum atomic E-state index is 11.4. The van der Waals surface area contributed by atoms with Crippen molar-refractivity contribution >= 4 is 18.0 Å². The van der Waals surface area contributed by atoms with Crippen LogP contribution < -0.4 is 4.74 Å². The summed E-state index contributed by atoms with van der Waals surface area (Å²) in [5.74, 6) is 1.69. The zero-order valence-electron chi connectivity index (χ0n) is 12.2. The standard InChI is InChI=1S/C18H20O2S/c1-2-3-12-21-18-11-7-10-17(16(18)13-19)20-14-15-8-5-4-6-9-15/h4-11,13H,2-3,12,14H2,1H3. The fourth-order valence-corrected chi connectivity index (χ4v) is 3.09. The van der Waals surface area contributed by atoms with Gasteiger partial charge in [-0.2, -0.15) is 0 Å². The molecule has 0 fully saturated rings. The van der Waals surface area contributed by atoms with Gasteiger partial charge in [0, 0.05) is 4.90 Å². The van der Waals surface area contributed by atoms with Crippen LogP contribution in [-0.2, 0) is 6.61 Å². The van der Waals surface area contributed by atoms with Crippen LogP contribution in [0.3, 0.4) is 0 Å². The highest BCUT2D eigenvalue weighted by atomic mass is 32.2. The molecule has 0 N–H and O–H groups in total. The molecule has 2 aromatic rings. The van der Waals surface area contributed by atoms with Crippen LogP contribution in [0.25, 0.3) is 0 Å². The Labute approximate surface area is 130 Å². The molecule has 0 saturated carbocycles. The van der Waals surface area contributed by atoms with Crippen LogP contribution in [-0.4, -0.2) is 12.0 Å². The van der Waals surface area contributed by atoms with Gasteiger partial charge in [-0.15, -0.1) is 11.8 Å². The molecule has 0 amide bonds. The van der Waals surface area contributed by atoms with Gasteiger partial charge in [-0.3, -0.25) is 4.79 Å². The molecule has 0 atom stereocenters. The van der Waals surface area contributed by atoms with Gasteiger partial charge in [0.25, 0.3) is 0 Å². The van der Waals surface area contributed by atoms with Gasteiger partial charge in [-0.1, -0.05) is 49.7 Å². The summed E-state index contributed by atoms with van der Waals surface area (Å²) in [5, 5.41) is 0. The van der Waals surface area contributed by atoms with Crippen molar-refractivity contribution in [1.29, 1.82) is 0 Å². The molecule has 0 aromatic heterocycles. The molecule has 3 heteroatoms. The minimum atomic E-state index is 0.477. The molecule has 0 aliphatic heterocycles. The number of thioether (sulfide) groups is 1. The molecule has 0 radical (unpaired) electrons. The Balaban J connectivity index is 2.08. The van der Waals surface area contributed by atoms with E-state index >= 15 is 0 Å². The first-order chi connectivity index (χ1) is 10.3. The SMILES string of the molecule is CCCCSc1cccc(OCc2ccccc2)c1C=O. The summed E-state index contributed by atoms with van der Waals surface area (Å²) >= 11 is 1.72. The number of hydrogen-bond acceptors (Lipinski definition) is 3. The fourth-order valence-electron chi connectivity index (χ4n) is 1.95. The number of rotatable bonds is 8. The second-order valence-electron chi connectivity index (χ2n) is 4.76. The average molecular weight is 300 g/mol. The topological polar surface area (TPSA) is 26.3 Å². The maximum Gasteiger partial charge on any atom is 0.154 e. The van der Waals surface area contributed by atoms with Gasteiger partial charge in [-0.25, -0.2) is 0 Å². The predicted molar refractivity (Wildman–Crippen MR) is 88.2 cm³/mol. The number of carbonyl (C=O) groups is 1. The third-order valence-electron chi connectivity index (χ3n) is 3.14. The van der Waals surface area contributed by atoms with Gasteiger partial charge in [0.2, 0.25) is 0 Å². The molecule has 0 saturated heterocycles. The Morgan fingerprint density at radius 1 is 1.10 bits per heavy atom. The van der Waals surface area contributed by atoms with Crippen LogP contribution in [0, 0.1) is 0 Å². The Morgan fingerprint density at radius 3 is 2.62 bits per heavy atom. The van der Waals surface area contributed by atoms with E-state index in [2.05, 4.69) is 6.92 Å².